The summed E-state index contributed by atoms with van der Waals surface area (Å²) >= 11 is 0. The summed E-state index contributed by atoms with van der Waals surface area (Å²) in [5, 5.41) is 4.29. The van der Waals surface area contributed by atoms with Crippen LogP contribution < -0.4 is 5.73 Å². The number of aryl methyl sites for hydroxylation is 1. The minimum absolute atomic E-state index is 0.516. The van der Waals surface area contributed by atoms with Crippen LogP contribution in [0.5, 0.6) is 0 Å². The molecule has 0 spiro atoms. The van der Waals surface area contributed by atoms with Gasteiger partial charge in [-0.1, -0.05) is 20.3 Å². The van der Waals surface area contributed by atoms with Crippen molar-refractivity contribution in [3.8, 4) is 0 Å². The number of hydrogen-bond acceptors (Lipinski definition) is 2. The van der Waals surface area contributed by atoms with Crippen LogP contribution in [0.1, 0.15) is 44.8 Å². The highest BCUT2D eigenvalue weighted by molar-refractivity contribution is 5.29. The summed E-state index contributed by atoms with van der Waals surface area (Å²) in [6.45, 7) is 6.45. The molecule has 0 aliphatic rings. The van der Waals surface area contributed by atoms with Crippen molar-refractivity contribution >= 4 is 5.82 Å². The van der Waals surface area contributed by atoms with Crippen molar-refractivity contribution in [3.05, 3.63) is 11.8 Å². The van der Waals surface area contributed by atoms with Crippen LogP contribution in [-0.4, -0.2) is 9.78 Å². The number of aromatic nitrogens is 2. The molecule has 1 unspecified atom stereocenters. The van der Waals surface area contributed by atoms with Crippen molar-refractivity contribution in [1.82, 2.24) is 9.78 Å². The molecule has 1 atom stereocenters. The molecule has 1 aromatic rings. The maximum atomic E-state index is 5.64. The van der Waals surface area contributed by atoms with Gasteiger partial charge >= 0.3 is 0 Å². The smallest absolute Gasteiger partial charge is 0.145 e. The molecule has 0 radical (unpaired) electrons. The molecule has 0 saturated heterocycles. The van der Waals surface area contributed by atoms with Gasteiger partial charge in [-0.3, -0.25) is 4.68 Å². The molecule has 1 rings (SSSR count). The van der Waals surface area contributed by atoms with Crippen LogP contribution in [0.25, 0.3) is 0 Å². The molecule has 1 aromatic heterocycles. The van der Waals surface area contributed by atoms with Gasteiger partial charge in [0.25, 0.3) is 0 Å². The number of hydrogen-bond donors (Lipinski definition) is 1. The van der Waals surface area contributed by atoms with Crippen LogP contribution >= 0.6 is 0 Å². The van der Waals surface area contributed by atoms with Crippen molar-refractivity contribution in [1.29, 1.82) is 0 Å². The van der Waals surface area contributed by atoms with Crippen LogP contribution in [0.3, 0.4) is 0 Å². The fraction of sp³-hybridized carbons (Fsp3) is 0.700. The number of nitrogens with two attached hydrogens (primary N) is 1. The Bertz CT molecular complexity index is 265. The van der Waals surface area contributed by atoms with E-state index < -0.39 is 0 Å². The molecule has 13 heavy (non-hydrogen) atoms. The Morgan fingerprint density at radius 2 is 2.23 bits per heavy atom. The van der Waals surface area contributed by atoms with Crippen LogP contribution in [-0.2, 0) is 0 Å². The lowest BCUT2D eigenvalue weighted by molar-refractivity contribution is 0.402. The molecule has 0 fully saturated rings. The van der Waals surface area contributed by atoms with Gasteiger partial charge in [-0.25, -0.2) is 0 Å². The van der Waals surface area contributed by atoms with Crippen molar-refractivity contribution in [2.24, 2.45) is 0 Å². The van der Waals surface area contributed by atoms with Gasteiger partial charge in [0.15, 0.2) is 0 Å². The van der Waals surface area contributed by atoms with Crippen LogP contribution in [0.15, 0.2) is 6.07 Å². The zero-order valence-electron chi connectivity index (χ0n) is 8.75. The Morgan fingerprint density at radius 1 is 1.54 bits per heavy atom. The maximum absolute atomic E-state index is 5.64. The third-order valence-corrected chi connectivity index (χ3v) is 2.38. The molecule has 3 nitrogen and oxygen atoms in total. The van der Waals surface area contributed by atoms with Crippen LogP contribution in [0.4, 0.5) is 5.82 Å². The lowest BCUT2D eigenvalue weighted by Crippen LogP contribution is -2.11. The first-order valence-corrected chi connectivity index (χ1v) is 5.00. The van der Waals surface area contributed by atoms with Gasteiger partial charge in [0.1, 0.15) is 5.82 Å². The van der Waals surface area contributed by atoms with Crippen LogP contribution in [0.2, 0.25) is 0 Å². The number of nitrogens with zero attached hydrogens (tertiary/aromatic N) is 2. The first-order chi connectivity index (χ1) is 6.19. The van der Waals surface area contributed by atoms with E-state index in [-0.39, 0.29) is 0 Å². The average Bonchev–Trinajstić information content (AvgIpc) is 2.41. The predicted molar refractivity (Wildman–Crippen MR) is 55.6 cm³/mol. The van der Waals surface area contributed by atoms with Crippen molar-refractivity contribution in [2.45, 2.75) is 46.1 Å². The summed E-state index contributed by atoms with van der Waals surface area (Å²) in [5.41, 5.74) is 6.80. The average molecular weight is 181 g/mol. The van der Waals surface area contributed by atoms with E-state index in [4.69, 9.17) is 5.73 Å². The predicted octanol–water partition coefficient (Wildman–Crippen LogP) is 2.52. The largest absolute Gasteiger partial charge is 0.382 e. The molecule has 1 heterocycles. The zero-order chi connectivity index (χ0) is 9.84. The Labute approximate surface area is 79.9 Å². The van der Waals surface area contributed by atoms with Gasteiger partial charge in [-0.2, -0.15) is 5.10 Å². The van der Waals surface area contributed by atoms with E-state index in [0.717, 1.165) is 12.1 Å². The first kappa shape index (κ1) is 10.1. The molecule has 0 saturated carbocycles. The summed E-state index contributed by atoms with van der Waals surface area (Å²) in [7, 11) is 0. The molecular weight excluding hydrogens is 162 g/mol. The summed E-state index contributed by atoms with van der Waals surface area (Å²) in [6, 6.07) is 2.44. The molecule has 0 aromatic carbocycles. The highest BCUT2D eigenvalue weighted by Crippen LogP contribution is 2.20. The Hall–Kier alpha value is -0.990. The second kappa shape index (κ2) is 4.30. The summed E-state index contributed by atoms with van der Waals surface area (Å²) in [5.74, 6) is 0.632. The Kier molecular flexibility index (Phi) is 3.34. The van der Waals surface area contributed by atoms with E-state index in [2.05, 4.69) is 30.6 Å². The minimum Gasteiger partial charge on any atom is -0.382 e. The minimum atomic E-state index is 0.516. The summed E-state index contributed by atoms with van der Waals surface area (Å²) in [4.78, 5) is 0. The normalized spacial score (nSPS) is 13.2. The maximum Gasteiger partial charge on any atom is 0.145 e. The van der Waals surface area contributed by atoms with Gasteiger partial charge in [-0.15, -0.1) is 0 Å². The van der Waals surface area contributed by atoms with E-state index in [0.29, 0.717) is 11.9 Å². The monoisotopic (exact) mass is 181 g/mol. The van der Waals surface area contributed by atoms with E-state index in [9.17, 15) is 0 Å². The second-order valence-corrected chi connectivity index (χ2v) is 3.51. The van der Waals surface area contributed by atoms with Gasteiger partial charge in [0.2, 0.25) is 0 Å². The molecule has 0 aliphatic heterocycles. The van der Waals surface area contributed by atoms with E-state index in [1.165, 1.54) is 12.8 Å². The first-order valence-electron chi connectivity index (χ1n) is 5.00. The lowest BCUT2D eigenvalue weighted by atomic mass is 10.1. The second-order valence-electron chi connectivity index (χ2n) is 3.51. The van der Waals surface area contributed by atoms with E-state index in [1.54, 1.807) is 0 Å². The topological polar surface area (TPSA) is 43.8 Å². The lowest BCUT2D eigenvalue weighted by Gasteiger charge is -2.16. The Balaban J connectivity index is 2.83. The highest BCUT2D eigenvalue weighted by Gasteiger charge is 2.11. The van der Waals surface area contributed by atoms with Crippen LogP contribution in [0, 0.1) is 6.92 Å². The molecule has 0 amide bonds. The van der Waals surface area contributed by atoms with Gasteiger partial charge in [0, 0.05) is 11.8 Å². The van der Waals surface area contributed by atoms with Crippen molar-refractivity contribution < 1.29 is 0 Å². The van der Waals surface area contributed by atoms with Gasteiger partial charge < -0.3 is 5.73 Å². The van der Waals surface area contributed by atoms with Gasteiger partial charge in [-0.05, 0) is 19.8 Å². The van der Waals surface area contributed by atoms with E-state index in [1.807, 2.05) is 6.07 Å². The quantitative estimate of drug-likeness (QED) is 0.775. The fourth-order valence-corrected chi connectivity index (χ4v) is 1.71. The Morgan fingerprint density at radius 3 is 2.62 bits per heavy atom. The number of anilines is 1. The molecule has 0 aliphatic carbocycles. The molecule has 74 valence electrons. The summed E-state index contributed by atoms with van der Waals surface area (Å²) < 4.78 is 2.05. The number of rotatable bonds is 4. The standard InChI is InChI=1S/C10H19N3/c1-4-6-9(5-2)13-8(3)7-10(11)12-13/h7,9H,4-6H2,1-3H3,(H2,11,12). The third kappa shape index (κ3) is 2.23. The number of nitrogen functional groups attached to an aromatic ring is 1. The zero-order valence-corrected chi connectivity index (χ0v) is 8.75. The van der Waals surface area contributed by atoms with Gasteiger partial charge in [0.05, 0.1) is 6.04 Å². The third-order valence-electron chi connectivity index (χ3n) is 2.38. The molecule has 0 bridgehead atoms. The fourth-order valence-electron chi connectivity index (χ4n) is 1.71. The molecule has 3 heteroatoms. The molecule has 2 N–H and O–H groups in total. The highest BCUT2D eigenvalue weighted by atomic mass is 15.3. The van der Waals surface area contributed by atoms with Crippen molar-refractivity contribution in [3.63, 3.8) is 0 Å². The SMILES string of the molecule is CCCC(CC)n1nc(N)cc1C. The van der Waals surface area contributed by atoms with E-state index >= 15 is 0 Å². The summed E-state index contributed by atoms with van der Waals surface area (Å²) in [6.07, 6.45) is 3.49. The van der Waals surface area contributed by atoms with Crippen molar-refractivity contribution in [2.75, 3.05) is 5.73 Å². The molecular formula is C10H19N3.